The van der Waals surface area contributed by atoms with Gasteiger partial charge in [-0.2, -0.15) is 0 Å². The van der Waals surface area contributed by atoms with E-state index in [1.807, 2.05) is 17.0 Å². The first kappa shape index (κ1) is 17.6. The normalized spacial score (nSPS) is 20.2. The van der Waals surface area contributed by atoms with Crippen LogP contribution in [0, 0.1) is 0 Å². The molecule has 2 aliphatic rings. The smallest absolute Gasteiger partial charge is 0.251 e. The first-order valence-electron chi connectivity index (χ1n) is 8.57. The Bertz CT molecular complexity index is 639. The lowest BCUT2D eigenvalue weighted by Crippen LogP contribution is -2.41. The zero-order chi connectivity index (χ0) is 17.8. The molecule has 0 radical (unpaired) electrons. The van der Waals surface area contributed by atoms with E-state index in [0.29, 0.717) is 36.9 Å². The van der Waals surface area contributed by atoms with Crippen molar-refractivity contribution in [3.05, 3.63) is 23.8 Å². The molecule has 0 unspecified atom stereocenters. The van der Waals surface area contributed by atoms with Gasteiger partial charge in [-0.25, -0.2) is 0 Å². The lowest BCUT2D eigenvalue weighted by molar-refractivity contribution is -0.140. The average molecular weight is 347 g/mol. The molecule has 0 aliphatic carbocycles. The standard InChI is InChI=1S/C19H25NO5/c1-22-14-11-16(23-2)18(17(12-14)24-3)13-6-8-20(9-7-13)19(21)15-5-4-10-25-15/h6,11-12,15H,4-5,7-10H2,1-3H3/t15-/m1/s1. The van der Waals surface area contributed by atoms with Crippen LogP contribution < -0.4 is 14.2 Å². The Kier molecular flexibility index (Phi) is 5.48. The molecule has 1 aromatic carbocycles. The molecule has 0 aromatic heterocycles. The van der Waals surface area contributed by atoms with E-state index in [0.717, 1.165) is 30.4 Å². The minimum Gasteiger partial charge on any atom is -0.496 e. The second-order valence-corrected chi connectivity index (χ2v) is 6.17. The third kappa shape index (κ3) is 3.58. The molecule has 1 saturated heterocycles. The molecule has 0 saturated carbocycles. The molecule has 0 bridgehead atoms. The van der Waals surface area contributed by atoms with Crippen LogP contribution in [-0.2, 0) is 9.53 Å². The van der Waals surface area contributed by atoms with Gasteiger partial charge in [-0.15, -0.1) is 0 Å². The molecule has 6 nitrogen and oxygen atoms in total. The van der Waals surface area contributed by atoms with Crippen LogP contribution in [-0.4, -0.2) is 57.9 Å². The fourth-order valence-corrected chi connectivity index (χ4v) is 3.39. The molecule has 136 valence electrons. The second kappa shape index (κ2) is 7.78. The van der Waals surface area contributed by atoms with Crippen LogP contribution in [0.1, 0.15) is 24.8 Å². The van der Waals surface area contributed by atoms with E-state index < -0.39 is 0 Å². The lowest BCUT2D eigenvalue weighted by Gasteiger charge is -2.29. The predicted octanol–water partition coefficient (Wildman–Crippen LogP) is 2.51. The predicted molar refractivity (Wildman–Crippen MR) is 94.2 cm³/mol. The van der Waals surface area contributed by atoms with Crippen molar-refractivity contribution in [2.75, 3.05) is 41.0 Å². The molecule has 1 fully saturated rings. The maximum atomic E-state index is 12.5. The number of nitrogens with zero attached hydrogens (tertiary/aromatic N) is 1. The Morgan fingerprint density at radius 1 is 1.16 bits per heavy atom. The number of ether oxygens (including phenoxy) is 4. The molecule has 1 aromatic rings. The molecule has 6 heteroatoms. The van der Waals surface area contributed by atoms with Gasteiger partial charge in [-0.3, -0.25) is 4.79 Å². The highest BCUT2D eigenvalue weighted by Crippen LogP contribution is 2.40. The molecule has 0 spiro atoms. The summed E-state index contributed by atoms with van der Waals surface area (Å²) in [6, 6.07) is 3.70. The molecular formula is C19H25NO5. The average Bonchev–Trinajstić information content (AvgIpc) is 3.21. The molecule has 3 rings (SSSR count). The van der Waals surface area contributed by atoms with E-state index in [9.17, 15) is 4.79 Å². The summed E-state index contributed by atoms with van der Waals surface area (Å²) in [4.78, 5) is 14.3. The Morgan fingerprint density at radius 2 is 1.88 bits per heavy atom. The monoisotopic (exact) mass is 347 g/mol. The summed E-state index contributed by atoms with van der Waals surface area (Å²) in [5, 5.41) is 0. The van der Waals surface area contributed by atoms with Crippen molar-refractivity contribution in [1.29, 1.82) is 0 Å². The van der Waals surface area contributed by atoms with Gasteiger partial charge in [0.1, 0.15) is 23.4 Å². The maximum absolute atomic E-state index is 12.5. The zero-order valence-electron chi connectivity index (χ0n) is 15.0. The number of carbonyl (C=O) groups is 1. The van der Waals surface area contributed by atoms with Crippen LogP contribution in [0.4, 0.5) is 0 Å². The van der Waals surface area contributed by atoms with E-state index in [2.05, 4.69) is 6.08 Å². The number of rotatable bonds is 5. The van der Waals surface area contributed by atoms with Gasteiger partial charge < -0.3 is 23.8 Å². The van der Waals surface area contributed by atoms with Gasteiger partial charge in [0, 0.05) is 31.8 Å². The number of benzene rings is 1. The van der Waals surface area contributed by atoms with Crippen LogP contribution in [0.2, 0.25) is 0 Å². The maximum Gasteiger partial charge on any atom is 0.251 e. The summed E-state index contributed by atoms with van der Waals surface area (Å²) >= 11 is 0. The van der Waals surface area contributed by atoms with Crippen LogP contribution in [0.15, 0.2) is 18.2 Å². The van der Waals surface area contributed by atoms with Crippen LogP contribution in [0.25, 0.3) is 5.57 Å². The summed E-state index contributed by atoms with van der Waals surface area (Å²) in [5.41, 5.74) is 2.04. The van der Waals surface area contributed by atoms with Gasteiger partial charge in [0.2, 0.25) is 0 Å². The van der Waals surface area contributed by atoms with Crippen molar-refractivity contribution in [3.63, 3.8) is 0 Å². The van der Waals surface area contributed by atoms with Gasteiger partial charge in [-0.1, -0.05) is 6.08 Å². The van der Waals surface area contributed by atoms with E-state index in [-0.39, 0.29) is 12.0 Å². The first-order chi connectivity index (χ1) is 12.2. The molecule has 1 amide bonds. The fraction of sp³-hybridized carbons (Fsp3) is 0.526. The van der Waals surface area contributed by atoms with Crippen molar-refractivity contribution in [1.82, 2.24) is 4.90 Å². The van der Waals surface area contributed by atoms with Crippen molar-refractivity contribution in [2.24, 2.45) is 0 Å². The Labute approximate surface area is 148 Å². The topological polar surface area (TPSA) is 57.2 Å². The van der Waals surface area contributed by atoms with Crippen LogP contribution >= 0.6 is 0 Å². The van der Waals surface area contributed by atoms with Gasteiger partial charge >= 0.3 is 0 Å². The first-order valence-corrected chi connectivity index (χ1v) is 8.57. The summed E-state index contributed by atoms with van der Waals surface area (Å²) in [6.45, 7) is 1.93. The Balaban J connectivity index is 1.82. The van der Waals surface area contributed by atoms with E-state index >= 15 is 0 Å². The summed E-state index contributed by atoms with van der Waals surface area (Å²) < 4.78 is 21.9. The van der Waals surface area contributed by atoms with Crippen molar-refractivity contribution in [3.8, 4) is 17.2 Å². The molecule has 2 aliphatic heterocycles. The van der Waals surface area contributed by atoms with Gasteiger partial charge in [-0.05, 0) is 24.8 Å². The molecular weight excluding hydrogens is 322 g/mol. The number of methoxy groups -OCH3 is 3. The minimum absolute atomic E-state index is 0.0986. The largest absolute Gasteiger partial charge is 0.496 e. The fourth-order valence-electron chi connectivity index (χ4n) is 3.39. The van der Waals surface area contributed by atoms with Gasteiger partial charge in [0.15, 0.2) is 0 Å². The van der Waals surface area contributed by atoms with Gasteiger partial charge in [0.05, 0.1) is 26.9 Å². The minimum atomic E-state index is -0.264. The van der Waals surface area contributed by atoms with Crippen molar-refractivity contribution >= 4 is 11.5 Å². The molecule has 2 heterocycles. The van der Waals surface area contributed by atoms with Crippen molar-refractivity contribution in [2.45, 2.75) is 25.4 Å². The van der Waals surface area contributed by atoms with Crippen LogP contribution in [0.3, 0.4) is 0 Å². The third-order valence-electron chi connectivity index (χ3n) is 4.76. The van der Waals surface area contributed by atoms with E-state index in [4.69, 9.17) is 18.9 Å². The number of hydrogen-bond acceptors (Lipinski definition) is 5. The molecule has 1 atom stereocenters. The summed E-state index contributed by atoms with van der Waals surface area (Å²) in [6.07, 6.45) is 4.35. The number of carbonyl (C=O) groups excluding carboxylic acids is 1. The van der Waals surface area contributed by atoms with Crippen LogP contribution in [0.5, 0.6) is 17.2 Å². The zero-order valence-corrected chi connectivity index (χ0v) is 15.0. The highest BCUT2D eigenvalue weighted by molar-refractivity contribution is 5.83. The molecule has 0 N–H and O–H groups in total. The SMILES string of the molecule is COc1cc(OC)c(C2=CCN(C(=O)[C@H]3CCCO3)CC2)c(OC)c1. The highest BCUT2D eigenvalue weighted by atomic mass is 16.5. The lowest BCUT2D eigenvalue weighted by atomic mass is 9.97. The highest BCUT2D eigenvalue weighted by Gasteiger charge is 2.30. The number of hydrogen-bond donors (Lipinski definition) is 0. The van der Waals surface area contributed by atoms with Gasteiger partial charge in [0.25, 0.3) is 5.91 Å². The second-order valence-electron chi connectivity index (χ2n) is 6.17. The summed E-state index contributed by atoms with van der Waals surface area (Å²) in [5.74, 6) is 2.20. The Morgan fingerprint density at radius 3 is 2.36 bits per heavy atom. The molecule has 25 heavy (non-hydrogen) atoms. The summed E-state index contributed by atoms with van der Waals surface area (Å²) in [7, 11) is 4.88. The van der Waals surface area contributed by atoms with E-state index in [1.165, 1.54) is 0 Å². The number of amides is 1. The third-order valence-corrected chi connectivity index (χ3v) is 4.76. The van der Waals surface area contributed by atoms with E-state index in [1.54, 1.807) is 21.3 Å². The van der Waals surface area contributed by atoms with Crippen molar-refractivity contribution < 1.29 is 23.7 Å². The quantitative estimate of drug-likeness (QED) is 0.819. The Hall–Kier alpha value is -2.21.